The maximum Gasteiger partial charge on any atom is 0.255 e. The van der Waals surface area contributed by atoms with E-state index >= 15 is 0 Å². The molecule has 1 amide bonds. The zero-order valence-electron chi connectivity index (χ0n) is 15.9. The summed E-state index contributed by atoms with van der Waals surface area (Å²) in [5.74, 6) is -0.307. The molecular formula is C21H26N2O3S. The summed E-state index contributed by atoms with van der Waals surface area (Å²) in [5, 5.41) is 2.86. The SMILES string of the molecule is CCc1cccc(NC(=O)c2ccc(C)c(S(=O)(=O)N3CCCCC3)c2)c1. The highest BCUT2D eigenvalue weighted by Crippen LogP contribution is 2.25. The quantitative estimate of drug-likeness (QED) is 0.845. The first-order valence-corrected chi connectivity index (χ1v) is 10.9. The van der Waals surface area contributed by atoms with Gasteiger partial charge in [0.15, 0.2) is 0 Å². The van der Waals surface area contributed by atoms with E-state index in [1.165, 1.54) is 10.4 Å². The molecule has 0 radical (unpaired) electrons. The van der Waals surface area contributed by atoms with Crippen LogP contribution in [0.25, 0.3) is 0 Å². The van der Waals surface area contributed by atoms with Crippen LogP contribution >= 0.6 is 0 Å². The summed E-state index contributed by atoms with van der Waals surface area (Å²) in [6.45, 7) is 4.91. The first-order chi connectivity index (χ1) is 12.9. The molecule has 2 aromatic carbocycles. The van der Waals surface area contributed by atoms with Gasteiger partial charge in [0.2, 0.25) is 10.0 Å². The number of amides is 1. The van der Waals surface area contributed by atoms with Crippen LogP contribution in [0.5, 0.6) is 0 Å². The first-order valence-electron chi connectivity index (χ1n) is 9.43. The number of nitrogens with one attached hydrogen (secondary N) is 1. The van der Waals surface area contributed by atoms with Crippen molar-refractivity contribution in [2.75, 3.05) is 18.4 Å². The molecule has 2 aromatic rings. The zero-order valence-corrected chi connectivity index (χ0v) is 16.7. The van der Waals surface area contributed by atoms with E-state index in [0.717, 1.165) is 31.2 Å². The van der Waals surface area contributed by atoms with Crippen LogP contribution in [-0.4, -0.2) is 31.7 Å². The Bertz CT molecular complexity index is 932. The molecule has 6 heteroatoms. The van der Waals surface area contributed by atoms with Crippen LogP contribution in [0, 0.1) is 6.92 Å². The van der Waals surface area contributed by atoms with E-state index in [9.17, 15) is 13.2 Å². The molecule has 1 fully saturated rings. The molecule has 0 bridgehead atoms. The number of benzene rings is 2. The molecule has 1 aliphatic heterocycles. The Morgan fingerprint density at radius 1 is 1.07 bits per heavy atom. The molecule has 1 N–H and O–H groups in total. The standard InChI is InChI=1S/C21H26N2O3S/c1-3-17-8-7-9-19(14-17)22-21(24)18-11-10-16(2)20(15-18)27(25,26)23-12-5-4-6-13-23/h7-11,14-15H,3-6,12-13H2,1-2H3,(H,22,24). The van der Waals surface area contributed by atoms with Gasteiger partial charge in [-0.2, -0.15) is 4.31 Å². The lowest BCUT2D eigenvalue weighted by Crippen LogP contribution is -2.36. The zero-order chi connectivity index (χ0) is 19.4. The second kappa shape index (κ2) is 8.23. The predicted molar refractivity (Wildman–Crippen MR) is 108 cm³/mol. The van der Waals surface area contributed by atoms with Gasteiger partial charge in [0.25, 0.3) is 5.91 Å². The predicted octanol–water partition coefficient (Wildman–Crippen LogP) is 3.98. The lowest BCUT2D eigenvalue weighted by Gasteiger charge is -2.26. The molecule has 3 rings (SSSR count). The fourth-order valence-electron chi connectivity index (χ4n) is 3.34. The van der Waals surface area contributed by atoms with Crippen molar-refractivity contribution in [2.45, 2.75) is 44.4 Å². The van der Waals surface area contributed by atoms with E-state index in [1.807, 2.05) is 24.3 Å². The summed E-state index contributed by atoms with van der Waals surface area (Å²) in [6.07, 6.45) is 3.70. The third kappa shape index (κ3) is 4.39. The Balaban J connectivity index is 1.87. The van der Waals surface area contributed by atoms with Gasteiger partial charge < -0.3 is 5.32 Å². The number of anilines is 1. The Labute approximate surface area is 161 Å². The summed E-state index contributed by atoms with van der Waals surface area (Å²) >= 11 is 0. The Morgan fingerprint density at radius 3 is 2.52 bits per heavy atom. The van der Waals surface area contributed by atoms with Crippen LogP contribution in [0.1, 0.15) is 47.7 Å². The van der Waals surface area contributed by atoms with Gasteiger partial charge in [0, 0.05) is 24.3 Å². The average molecular weight is 387 g/mol. The second-order valence-corrected chi connectivity index (χ2v) is 8.86. The van der Waals surface area contributed by atoms with E-state index in [4.69, 9.17) is 0 Å². The minimum Gasteiger partial charge on any atom is -0.322 e. The van der Waals surface area contributed by atoms with Crippen LogP contribution < -0.4 is 5.32 Å². The van der Waals surface area contributed by atoms with Crippen molar-refractivity contribution < 1.29 is 13.2 Å². The third-order valence-electron chi connectivity index (χ3n) is 4.98. The number of piperidine rings is 1. The van der Waals surface area contributed by atoms with Gasteiger partial charge in [-0.3, -0.25) is 4.79 Å². The number of hydrogen-bond donors (Lipinski definition) is 1. The van der Waals surface area contributed by atoms with E-state index < -0.39 is 10.0 Å². The molecule has 1 heterocycles. The van der Waals surface area contributed by atoms with Crippen LogP contribution in [-0.2, 0) is 16.4 Å². The van der Waals surface area contributed by atoms with Crippen molar-refractivity contribution in [2.24, 2.45) is 0 Å². The number of rotatable bonds is 5. The lowest BCUT2D eigenvalue weighted by molar-refractivity contribution is 0.102. The number of carbonyl (C=O) groups excluding carboxylic acids is 1. The van der Waals surface area contributed by atoms with Gasteiger partial charge in [0.1, 0.15) is 0 Å². The molecule has 1 aliphatic rings. The van der Waals surface area contributed by atoms with Gasteiger partial charge in [-0.25, -0.2) is 8.42 Å². The number of carbonyl (C=O) groups is 1. The van der Waals surface area contributed by atoms with Gasteiger partial charge in [0.05, 0.1) is 4.90 Å². The molecule has 27 heavy (non-hydrogen) atoms. The number of sulfonamides is 1. The van der Waals surface area contributed by atoms with Gasteiger partial charge in [-0.15, -0.1) is 0 Å². The number of nitrogens with zero attached hydrogens (tertiary/aromatic N) is 1. The fourth-order valence-corrected chi connectivity index (χ4v) is 5.10. The topological polar surface area (TPSA) is 66.5 Å². The highest BCUT2D eigenvalue weighted by atomic mass is 32.2. The maximum absolute atomic E-state index is 13.0. The first kappa shape index (κ1) is 19.6. The largest absolute Gasteiger partial charge is 0.322 e. The highest BCUT2D eigenvalue weighted by molar-refractivity contribution is 7.89. The molecule has 1 saturated heterocycles. The molecule has 5 nitrogen and oxygen atoms in total. The van der Waals surface area contributed by atoms with Crippen molar-refractivity contribution in [1.82, 2.24) is 4.31 Å². The molecule has 0 aromatic heterocycles. The smallest absolute Gasteiger partial charge is 0.255 e. The van der Waals surface area contributed by atoms with Crippen molar-refractivity contribution >= 4 is 21.6 Å². The average Bonchev–Trinajstić information content (AvgIpc) is 2.69. The molecule has 0 unspecified atom stereocenters. The summed E-state index contributed by atoms with van der Waals surface area (Å²) < 4.78 is 27.6. The lowest BCUT2D eigenvalue weighted by atomic mass is 10.1. The van der Waals surface area contributed by atoms with Crippen molar-refractivity contribution in [3.8, 4) is 0 Å². The molecule has 144 valence electrons. The molecular weight excluding hydrogens is 360 g/mol. The molecule has 0 spiro atoms. The maximum atomic E-state index is 13.0. The minimum absolute atomic E-state index is 0.222. The second-order valence-electron chi connectivity index (χ2n) is 6.95. The van der Waals surface area contributed by atoms with Gasteiger partial charge in [-0.05, 0) is 61.6 Å². The fraction of sp³-hybridized carbons (Fsp3) is 0.381. The van der Waals surface area contributed by atoms with E-state index in [1.54, 1.807) is 19.1 Å². The minimum atomic E-state index is -3.58. The van der Waals surface area contributed by atoms with Crippen molar-refractivity contribution in [3.05, 3.63) is 59.2 Å². The van der Waals surface area contributed by atoms with Crippen molar-refractivity contribution in [1.29, 1.82) is 0 Å². The molecule has 0 saturated carbocycles. The van der Waals surface area contributed by atoms with Crippen LogP contribution in [0.4, 0.5) is 5.69 Å². The summed E-state index contributed by atoms with van der Waals surface area (Å²) in [6, 6.07) is 12.5. The summed E-state index contributed by atoms with van der Waals surface area (Å²) in [7, 11) is -3.58. The van der Waals surface area contributed by atoms with E-state index in [2.05, 4.69) is 12.2 Å². The van der Waals surface area contributed by atoms with Crippen LogP contribution in [0.2, 0.25) is 0 Å². The normalized spacial score (nSPS) is 15.5. The van der Waals surface area contributed by atoms with Crippen LogP contribution in [0.3, 0.4) is 0 Å². The number of hydrogen-bond acceptors (Lipinski definition) is 3. The van der Waals surface area contributed by atoms with E-state index in [-0.39, 0.29) is 10.8 Å². The third-order valence-corrected chi connectivity index (χ3v) is 7.02. The monoisotopic (exact) mass is 386 g/mol. The Kier molecular flexibility index (Phi) is 5.97. The summed E-state index contributed by atoms with van der Waals surface area (Å²) in [4.78, 5) is 12.9. The van der Waals surface area contributed by atoms with E-state index in [0.29, 0.717) is 29.9 Å². The molecule has 0 aliphatic carbocycles. The Hall–Kier alpha value is -2.18. The van der Waals surface area contributed by atoms with Gasteiger partial charge >= 0.3 is 0 Å². The Morgan fingerprint density at radius 2 is 1.81 bits per heavy atom. The number of aryl methyl sites for hydroxylation is 2. The molecule has 0 atom stereocenters. The van der Waals surface area contributed by atoms with Crippen LogP contribution in [0.15, 0.2) is 47.4 Å². The van der Waals surface area contributed by atoms with Gasteiger partial charge in [-0.1, -0.05) is 31.5 Å². The highest BCUT2D eigenvalue weighted by Gasteiger charge is 2.28. The summed E-state index contributed by atoms with van der Waals surface area (Å²) in [5.41, 5.74) is 2.84. The van der Waals surface area contributed by atoms with Crippen molar-refractivity contribution in [3.63, 3.8) is 0 Å².